The third-order valence-corrected chi connectivity index (χ3v) is 5.55. The second kappa shape index (κ2) is 12.6. The molecule has 34 heavy (non-hydrogen) atoms. The molecule has 0 aliphatic carbocycles. The van der Waals surface area contributed by atoms with Gasteiger partial charge in [-0.3, -0.25) is 0 Å². The smallest absolute Gasteiger partial charge is 0.119 e. The fourth-order valence-electron chi connectivity index (χ4n) is 3.76. The zero-order valence-corrected chi connectivity index (χ0v) is 20.1. The van der Waals surface area contributed by atoms with Crippen molar-refractivity contribution in [1.29, 1.82) is 5.26 Å². The summed E-state index contributed by atoms with van der Waals surface area (Å²) in [6.45, 7) is 2.13. The molecule has 0 unspecified atom stereocenters. The fourth-order valence-corrected chi connectivity index (χ4v) is 3.76. The molecule has 5 nitrogen and oxygen atoms in total. The van der Waals surface area contributed by atoms with Gasteiger partial charge in [-0.15, -0.1) is 0 Å². The standard InChI is InChI=1S/C29H32N2O3/c1-31(2)18-20-34-27-16-12-25(13-17-27)29(24-10-14-26(32)15-11-24)28(5-4-19-33-3)23-8-6-22(21-30)7-9-23/h6-17,32H,4-5,18-20H2,1-3H3/b29-28+. The second-order valence-corrected chi connectivity index (χ2v) is 8.36. The average Bonchev–Trinajstić information content (AvgIpc) is 2.85. The van der Waals surface area contributed by atoms with Gasteiger partial charge >= 0.3 is 0 Å². The number of methoxy groups -OCH3 is 1. The van der Waals surface area contributed by atoms with Crippen LogP contribution in [0.15, 0.2) is 72.8 Å². The summed E-state index contributed by atoms with van der Waals surface area (Å²) >= 11 is 0. The summed E-state index contributed by atoms with van der Waals surface area (Å²) < 4.78 is 11.2. The maximum atomic E-state index is 9.87. The van der Waals surface area contributed by atoms with Gasteiger partial charge in [0.1, 0.15) is 18.1 Å². The number of rotatable bonds is 11. The van der Waals surface area contributed by atoms with Crippen LogP contribution in [-0.2, 0) is 4.74 Å². The zero-order chi connectivity index (χ0) is 24.3. The molecule has 0 aliphatic rings. The lowest BCUT2D eigenvalue weighted by Gasteiger charge is -2.18. The molecule has 3 aromatic carbocycles. The number of benzene rings is 3. The average molecular weight is 457 g/mol. The molecular formula is C29H32N2O3. The normalized spacial score (nSPS) is 11.7. The maximum absolute atomic E-state index is 9.87. The molecule has 0 atom stereocenters. The SMILES string of the molecule is COCCC/C(=C(/c1ccc(O)cc1)c1ccc(OCCN(C)C)cc1)c1ccc(C#N)cc1. The van der Waals surface area contributed by atoms with Crippen molar-refractivity contribution in [3.63, 3.8) is 0 Å². The molecule has 3 rings (SSSR count). The van der Waals surface area contributed by atoms with E-state index in [-0.39, 0.29) is 5.75 Å². The molecule has 0 bridgehead atoms. The minimum absolute atomic E-state index is 0.229. The number of hydrogen-bond acceptors (Lipinski definition) is 5. The van der Waals surface area contributed by atoms with E-state index in [0.717, 1.165) is 53.0 Å². The molecule has 0 saturated carbocycles. The highest BCUT2D eigenvalue weighted by molar-refractivity contribution is 5.98. The maximum Gasteiger partial charge on any atom is 0.119 e. The number of likely N-dealkylation sites (N-methyl/N-ethyl adjacent to an activating group) is 1. The second-order valence-electron chi connectivity index (χ2n) is 8.36. The van der Waals surface area contributed by atoms with Gasteiger partial charge in [0, 0.05) is 20.3 Å². The topological polar surface area (TPSA) is 65.7 Å². The van der Waals surface area contributed by atoms with Crippen molar-refractivity contribution in [1.82, 2.24) is 4.90 Å². The summed E-state index contributed by atoms with van der Waals surface area (Å²) in [4.78, 5) is 2.09. The van der Waals surface area contributed by atoms with Gasteiger partial charge < -0.3 is 19.5 Å². The number of phenolic OH excluding ortho intramolecular Hbond substituents is 1. The Labute approximate surface area is 202 Å². The van der Waals surface area contributed by atoms with Crippen LogP contribution < -0.4 is 4.74 Å². The first-order chi connectivity index (χ1) is 16.5. The number of allylic oxidation sites excluding steroid dienone is 1. The number of hydrogen-bond donors (Lipinski definition) is 1. The summed E-state index contributed by atoms with van der Waals surface area (Å²) in [7, 11) is 5.76. The number of phenols is 1. The minimum atomic E-state index is 0.229. The van der Waals surface area contributed by atoms with Gasteiger partial charge in [-0.25, -0.2) is 0 Å². The van der Waals surface area contributed by atoms with Crippen LogP contribution in [0.25, 0.3) is 11.1 Å². The van der Waals surface area contributed by atoms with Gasteiger partial charge in [-0.1, -0.05) is 36.4 Å². The van der Waals surface area contributed by atoms with E-state index in [0.29, 0.717) is 18.8 Å². The van der Waals surface area contributed by atoms with E-state index >= 15 is 0 Å². The van der Waals surface area contributed by atoms with Crippen molar-refractivity contribution in [2.24, 2.45) is 0 Å². The summed E-state index contributed by atoms with van der Waals surface area (Å²) in [5, 5.41) is 19.1. The van der Waals surface area contributed by atoms with E-state index in [1.54, 1.807) is 19.2 Å². The van der Waals surface area contributed by atoms with E-state index in [1.165, 1.54) is 0 Å². The van der Waals surface area contributed by atoms with E-state index in [2.05, 4.69) is 23.1 Å². The lowest BCUT2D eigenvalue weighted by Crippen LogP contribution is -2.19. The molecule has 0 aromatic heterocycles. The highest BCUT2D eigenvalue weighted by Gasteiger charge is 2.15. The highest BCUT2D eigenvalue weighted by atomic mass is 16.5. The van der Waals surface area contributed by atoms with Crippen molar-refractivity contribution in [3.8, 4) is 17.6 Å². The number of ether oxygens (including phenoxy) is 2. The van der Waals surface area contributed by atoms with Gasteiger partial charge in [0.15, 0.2) is 0 Å². The highest BCUT2D eigenvalue weighted by Crippen LogP contribution is 2.36. The first kappa shape index (κ1) is 25.0. The summed E-state index contributed by atoms with van der Waals surface area (Å²) in [6, 6.07) is 25.3. The molecule has 5 heteroatoms. The van der Waals surface area contributed by atoms with Gasteiger partial charge in [0.05, 0.1) is 11.6 Å². The molecule has 0 aliphatic heterocycles. The molecular weight excluding hydrogens is 424 g/mol. The molecule has 0 saturated heterocycles. The van der Waals surface area contributed by atoms with E-state index in [1.807, 2.05) is 62.6 Å². The third kappa shape index (κ3) is 6.95. The predicted molar refractivity (Wildman–Crippen MR) is 137 cm³/mol. The lowest BCUT2D eigenvalue weighted by molar-refractivity contribution is 0.196. The number of nitriles is 1. The largest absolute Gasteiger partial charge is 0.508 e. The van der Waals surface area contributed by atoms with Gasteiger partial charge in [-0.2, -0.15) is 5.26 Å². The van der Waals surface area contributed by atoms with Crippen molar-refractivity contribution in [2.75, 3.05) is 41.0 Å². The van der Waals surface area contributed by atoms with Crippen LogP contribution in [0.4, 0.5) is 0 Å². The molecule has 176 valence electrons. The van der Waals surface area contributed by atoms with Crippen LogP contribution in [0.1, 0.15) is 35.1 Å². The lowest BCUT2D eigenvalue weighted by atomic mass is 9.87. The molecule has 0 radical (unpaired) electrons. The van der Waals surface area contributed by atoms with Gasteiger partial charge in [0.25, 0.3) is 0 Å². The van der Waals surface area contributed by atoms with E-state index in [4.69, 9.17) is 9.47 Å². The van der Waals surface area contributed by atoms with Gasteiger partial charge in [-0.05, 0) is 91.2 Å². The Kier molecular flexibility index (Phi) is 9.28. The minimum Gasteiger partial charge on any atom is -0.508 e. The predicted octanol–water partition coefficient (Wildman–Crippen LogP) is 5.59. The molecule has 0 fully saturated rings. The Morgan fingerprint density at radius 3 is 2.00 bits per heavy atom. The van der Waals surface area contributed by atoms with E-state index in [9.17, 15) is 10.4 Å². The Hall–Kier alpha value is -3.59. The van der Waals surface area contributed by atoms with Crippen LogP contribution in [-0.4, -0.2) is 51.0 Å². The Bertz CT molecular complexity index is 1110. The Balaban J connectivity index is 2.08. The molecule has 0 heterocycles. The monoisotopic (exact) mass is 456 g/mol. The zero-order valence-electron chi connectivity index (χ0n) is 20.1. The summed E-state index contributed by atoms with van der Waals surface area (Å²) in [5.74, 6) is 1.06. The Morgan fingerprint density at radius 1 is 0.853 bits per heavy atom. The van der Waals surface area contributed by atoms with Crippen molar-refractivity contribution < 1.29 is 14.6 Å². The third-order valence-electron chi connectivity index (χ3n) is 5.55. The van der Waals surface area contributed by atoms with Crippen molar-refractivity contribution in [2.45, 2.75) is 12.8 Å². The number of nitrogens with zero attached hydrogens (tertiary/aromatic N) is 2. The molecule has 3 aromatic rings. The van der Waals surface area contributed by atoms with Crippen molar-refractivity contribution in [3.05, 3.63) is 95.1 Å². The van der Waals surface area contributed by atoms with Crippen LogP contribution in [0.3, 0.4) is 0 Å². The van der Waals surface area contributed by atoms with Gasteiger partial charge in [0.2, 0.25) is 0 Å². The van der Waals surface area contributed by atoms with E-state index < -0.39 is 0 Å². The van der Waals surface area contributed by atoms with Crippen LogP contribution in [0.2, 0.25) is 0 Å². The van der Waals surface area contributed by atoms with Crippen LogP contribution in [0.5, 0.6) is 11.5 Å². The quantitative estimate of drug-likeness (QED) is 0.301. The Morgan fingerprint density at radius 2 is 1.44 bits per heavy atom. The first-order valence-electron chi connectivity index (χ1n) is 11.4. The molecule has 1 N–H and O–H groups in total. The van der Waals surface area contributed by atoms with Crippen LogP contribution >= 0.6 is 0 Å². The first-order valence-corrected chi connectivity index (χ1v) is 11.4. The molecule has 0 spiro atoms. The summed E-state index contributed by atoms with van der Waals surface area (Å²) in [5.41, 5.74) is 6.00. The summed E-state index contributed by atoms with van der Waals surface area (Å²) in [6.07, 6.45) is 1.66. The number of aromatic hydroxyl groups is 1. The molecule has 0 amide bonds. The van der Waals surface area contributed by atoms with Crippen LogP contribution in [0, 0.1) is 11.3 Å². The fraction of sp³-hybridized carbons (Fsp3) is 0.276. The van der Waals surface area contributed by atoms with Crippen molar-refractivity contribution >= 4 is 11.1 Å².